The molecule has 0 aliphatic heterocycles. The van der Waals surface area contributed by atoms with Crippen molar-refractivity contribution in [1.29, 1.82) is 0 Å². The minimum absolute atomic E-state index is 0.0396. The zero-order valence-corrected chi connectivity index (χ0v) is 9.05. The molecule has 0 bridgehead atoms. The maximum absolute atomic E-state index is 11.5. The van der Waals surface area contributed by atoms with Gasteiger partial charge in [-0.2, -0.15) is 0 Å². The van der Waals surface area contributed by atoms with Crippen LogP contribution in [0.2, 0.25) is 0 Å². The Balaban J connectivity index is 3.15. The number of aromatic nitrogens is 1. The van der Waals surface area contributed by atoms with Crippen molar-refractivity contribution in [2.45, 2.75) is 33.6 Å². The van der Waals surface area contributed by atoms with Gasteiger partial charge in [0.15, 0.2) is 0 Å². The SMILES string of the molecule is C/C=C(\CC)c1ccc(CC)c(=O)[nH]1. The first-order valence-corrected chi connectivity index (χ1v) is 5.10. The molecule has 0 fully saturated rings. The van der Waals surface area contributed by atoms with Gasteiger partial charge in [-0.05, 0) is 31.4 Å². The van der Waals surface area contributed by atoms with Crippen molar-refractivity contribution >= 4 is 5.57 Å². The minimum Gasteiger partial charge on any atom is -0.322 e. The van der Waals surface area contributed by atoms with E-state index in [-0.39, 0.29) is 5.56 Å². The highest BCUT2D eigenvalue weighted by Crippen LogP contribution is 2.13. The fourth-order valence-electron chi connectivity index (χ4n) is 1.52. The quantitative estimate of drug-likeness (QED) is 0.783. The summed E-state index contributed by atoms with van der Waals surface area (Å²) in [6.07, 6.45) is 3.77. The summed E-state index contributed by atoms with van der Waals surface area (Å²) < 4.78 is 0. The molecule has 0 amide bonds. The van der Waals surface area contributed by atoms with Gasteiger partial charge < -0.3 is 4.98 Å². The Labute approximate surface area is 84.7 Å². The van der Waals surface area contributed by atoms with Crippen LogP contribution in [0, 0.1) is 0 Å². The van der Waals surface area contributed by atoms with Crippen molar-refractivity contribution in [2.75, 3.05) is 0 Å². The fraction of sp³-hybridized carbons (Fsp3) is 0.417. The zero-order valence-electron chi connectivity index (χ0n) is 9.05. The number of nitrogens with one attached hydrogen (secondary N) is 1. The number of H-pyrrole nitrogens is 1. The average Bonchev–Trinajstić information content (AvgIpc) is 2.20. The molecule has 0 unspecified atom stereocenters. The third-order valence-electron chi connectivity index (χ3n) is 2.45. The Morgan fingerprint density at radius 2 is 2.14 bits per heavy atom. The van der Waals surface area contributed by atoms with Crippen LogP contribution in [0.4, 0.5) is 0 Å². The van der Waals surface area contributed by atoms with E-state index in [0.29, 0.717) is 0 Å². The molecule has 1 N–H and O–H groups in total. The smallest absolute Gasteiger partial charge is 0.251 e. The third kappa shape index (κ3) is 2.13. The van der Waals surface area contributed by atoms with E-state index in [2.05, 4.69) is 11.9 Å². The van der Waals surface area contributed by atoms with Crippen molar-refractivity contribution in [3.05, 3.63) is 39.8 Å². The van der Waals surface area contributed by atoms with E-state index in [4.69, 9.17) is 0 Å². The van der Waals surface area contributed by atoms with Crippen LogP contribution < -0.4 is 5.56 Å². The maximum atomic E-state index is 11.5. The van der Waals surface area contributed by atoms with Gasteiger partial charge in [0.1, 0.15) is 0 Å². The molecule has 0 aliphatic rings. The molecule has 0 spiro atoms. The Kier molecular flexibility index (Phi) is 3.69. The van der Waals surface area contributed by atoms with Gasteiger partial charge in [-0.25, -0.2) is 0 Å². The van der Waals surface area contributed by atoms with Crippen LogP contribution >= 0.6 is 0 Å². The van der Waals surface area contributed by atoms with Gasteiger partial charge in [-0.15, -0.1) is 0 Å². The highest BCUT2D eigenvalue weighted by molar-refractivity contribution is 5.61. The van der Waals surface area contributed by atoms with E-state index in [1.54, 1.807) is 0 Å². The Morgan fingerprint density at radius 1 is 1.43 bits per heavy atom. The van der Waals surface area contributed by atoms with Crippen LogP contribution in [0.15, 0.2) is 23.0 Å². The van der Waals surface area contributed by atoms with Gasteiger partial charge in [0.05, 0.1) is 0 Å². The van der Waals surface area contributed by atoms with E-state index in [1.165, 1.54) is 5.57 Å². The fourth-order valence-corrected chi connectivity index (χ4v) is 1.52. The molecule has 1 heterocycles. The predicted molar refractivity (Wildman–Crippen MR) is 60.4 cm³/mol. The molecular weight excluding hydrogens is 174 g/mol. The summed E-state index contributed by atoms with van der Waals surface area (Å²) in [7, 11) is 0. The first-order chi connectivity index (χ1) is 6.72. The standard InChI is InChI=1S/C12H17NO/c1-4-9(5-2)11-8-7-10(6-3)12(14)13-11/h4,7-8H,5-6H2,1-3H3,(H,13,14)/b9-4+. The minimum atomic E-state index is 0.0396. The first kappa shape index (κ1) is 10.8. The van der Waals surface area contributed by atoms with Crippen LogP contribution in [-0.4, -0.2) is 4.98 Å². The molecule has 2 heteroatoms. The summed E-state index contributed by atoms with van der Waals surface area (Å²) in [5.74, 6) is 0. The molecule has 2 nitrogen and oxygen atoms in total. The molecule has 0 saturated heterocycles. The summed E-state index contributed by atoms with van der Waals surface area (Å²) in [6, 6.07) is 3.90. The average molecular weight is 191 g/mol. The Hall–Kier alpha value is -1.31. The highest BCUT2D eigenvalue weighted by Gasteiger charge is 2.01. The number of aryl methyl sites for hydroxylation is 1. The molecule has 1 aromatic heterocycles. The van der Waals surface area contributed by atoms with Crippen molar-refractivity contribution in [3.8, 4) is 0 Å². The van der Waals surface area contributed by atoms with Gasteiger partial charge in [0.25, 0.3) is 5.56 Å². The molecular formula is C12H17NO. The second-order valence-corrected chi connectivity index (χ2v) is 3.25. The summed E-state index contributed by atoms with van der Waals surface area (Å²) in [6.45, 7) is 6.06. The number of aromatic amines is 1. The highest BCUT2D eigenvalue weighted by atomic mass is 16.1. The third-order valence-corrected chi connectivity index (χ3v) is 2.45. The number of hydrogen-bond acceptors (Lipinski definition) is 1. The Bertz CT molecular complexity index is 388. The van der Waals surface area contributed by atoms with Gasteiger partial charge in [0, 0.05) is 11.3 Å². The second-order valence-electron chi connectivity index (χ2n) is 3.25. The molecule has 14 heavy (non-hydrogen) atoms. The van der Waals surface area contributed by atoms with Crippen molar-refractivity contribution < 1.29 is 0 Å². The largest absolute Gasteiger partial charge is 0.322 e. The lowest BCUT2D eigenvalue weighted by Gasteiger charge is -2.04. The van der Waals surface area contributed by atoms with Crippen molar-refractivity contribution in [3.63, 3.8) is 0 Å². The van der Waals surface area contributed by atoms with E-state index >= 15 is 0 Å². The molecule has 1 rings (SSSR count). The predicted octanol–water partition coefficient (Wildman–Crippen LogP) is 2.75. The number of allylic oxidation sites excluding steroid dienone is 2. The lowest BCUT2D eigenvalue weighted by atomic mass is 10.1. The van der Waals surface area contributed by atoms with Crippen LogP contribution in [0.3, 0.4) is 0 Å². The second kappa shape index (κ2) is 4.80. The van der Waals surface area contributed by atoms with E-state index in [1.807, 2.05) is 32.1 Å². The summed E-state index contributed by atoms with van der Waals surface area (Å²) in [5, 5.41) is 0. The van der Waals surface area contributed by atoms with Crippen molar-refractivity contribution in [1.82, 2.24) is 4.98 Å². The van der Waals surface area contributed by atoms with Gasteiger partial charge >= 0.3 is 0 Å². The lowest BCUT2D eigenvalue weighted by Crippen LogP contribution is -2.13. The van der Waals surface area contributed by atoms with Gasteiger partial charge in [-0.3, -0.25) is 4.79 Å². The molecule has 76 valence electrons. The number of rotatable bonds is 3. The number of hydrogen-bond donors (Lipinski definition) is 1. The molecule has 0 saturated carbocycles. The molecule has 1 aromatic rings. The first-order valence-electron chi connectivity index (χ1n) is 5.10. The van der Waals surface area contributed by atoms with Gasteiger partial charge in [-0.1, -0.05) is 26.0 Å². The lowest BCUT2D eigenvalue weighted by molar-refractivity contribution is 1.04. The topological polar surface area (TPSA) is 32.9 Å². The maximum Gasteiger partial charge on any atom is 0.251 e. The van der Waals surface area contributed by atoms with Crippen LogP contribution in [0.1, 0.15) is 38.4 Å². The monoisotopic (exact) mass is 191 g/mol. The van der Waals surface area contributed by atoms with Crippen LogP contribution in [-0.2, 0) is 6.42 Å². The van der Waals surface area contributed by atoms with Crippen molar-refractivity contribution in [2.24, 2.45) is 0 Å². The van der Waals surface area contributed by atoms with E-state index < -0.39 is 0 Å². The zero-order chi connectivity index (χ0) is 10.6. The summed E-state index contributed by atoms with van der Waals surface area (Å²) in [4.78, 5) is 14.4. The Morgan fingerprint density at radius 3 is 2.57 bits per heavy atom. The molecule has 0 atom stereocenters. The normalized spacial score (nSPS) is 11.8. The molecule has 0 radical (unpaired) electrons. The van der Waals surface area contributed by atoms with Crippen LogP contribution in [0.25, 0.3) is 5.57 Å². The molecule has 0 aliphatic carbocycles. The van der Waals surface area contributed by atoms with Gasteiger partial charge in [0.2, 0.25) is 0 Å². The molecule has 0 aromatic carbocycles. The van der Waals surface area contributed by atoms with E-state index in [0.717, 1.165) is 24.1 Å². The summed E-state index contributed by atoms with van der Waals surface area (Å²) in [5.41, 5.74) is 3.01. The van der Waals surface area contributed by atoms with Crippen LogP contribution in [0.5, 0.6) is 0 Å². The number of pyridine rings is 1. The van der Waals surface area contributed by atoms with E-state index in [9.17, 15) is 4.79 Å². The summed E-state index contributed by atoms with van der Waals surface area (Å²) >= 11 is 0.